The molecule has 0 saturated carbocycles. The summed E-state index contributed by atoms with van der Waals surface area (Å²) in [7, 11) is -3.30. The Balaban J connectivity index is 2.76. The van der Waals surface area contributed by atoms with Crippen molar-refractivity contribution in [3.63, 3.8) is 0 Å². The highest BCUT2D eigenvalue weighted by atomic mass is 32.2. The van der Waals surface area contributed by atoms with E-state index < -0.39 is 10.0 Å². The van der Waals surface area contributed by atoms with Gasteiger partial charge < -0.3 is 10.3 Å². The topological polar surface area (TPSA) is 98.2 Å². The van der Waals surface area contributed by atoms with E-state index in [2.05, 4.69) is 9.88 Å². The summed E-state index contributed by atoms with van der Waals surface area (Å²) in [4.78, 5) is 0. The number of rotatable bonds is 6. The summed E-state index contributed by atoms with van der Waals surface area (Å²) in [6, 6.07) is -0.343. The van der Waals surface area contributed by atoms with E-state index in [1.54, 1.807) is 20.8 Å². The first-order chi connectivity index (χ1) is 7.87. The van der Waals surface area contributed by atoms with Crippen LogP contribution in [0.4, 0.5) is 0 Å². The molecule has 7 heteroatoms. The number of aromatic nitrogens is 1. The van der Waals surface area contributed by atoms with Crippen molar-refractivity contribution in [2.45, 2.75) is 33.2 Å². The van der Waals surface area contributed by atoms with Crippen molar-refractivity contribution in [2.24, 2.45) is 5.73 Å². The minimum Gasteiger partial charge on any atom is -0.361 e. The minimum absolute atomic E-state index is 0.0389. The number of aryl methyl sites for hydroxylation is 2. The molecule has 6 nitrogen and oxygen atoms in total. The molecule has 0 fully saturated rings. The average molecular weight is 261 g/mol. The van der Waals surface area contributed by atoms with Crippen LogP contribution < -0.4 is 10.5 Å². The van der Waals surface area contributed by atoms with E-state index in [1.807, 2.05) is 0 Å². The van der Waals surface area contributed by atoms with E-state index in [9.17, 15) is 8.42 Å². The molecule has 98 valence electrons. The molecule has 1 heterocycles. The fraction of sp³-hybridized carbons (Fsp3) is 0.700. The highest BCUT2D eigenvalue weighted by Gasteiger charge is 2.21. The highest BCUT2D eigenvalue weighted by molar-refractivity contribution is 7.89. The standard InChI is InChI=1S/C10H19N3O3S/c1-7-10(9(3)16-12-7)8(2)13-17(14,15)6-4-5-11/h8,13H,4-6,11H2,1-3H3. The molecule has 0 spiro atoms. The number of sulfonamides is 1. The van der Waals surface area contributed by atoms with Crippen molar-refractivity contribution in [3.8, 4) is 0 Å². The minimum atomic E-state index is -3.30. The maximum absolute atomic E-state index is 11.7. The second-order valence-electron chi connectivity index (χ2n) is 4.04. The van der Waals surface area contributed by atoms with E-state index in [1.165, 1.54) is 0 Å². The molecule has 0 radical (unpaired) electrons. The van der Waals surface area contributed by atoms with E-state index in [4.69, 9.17) is 10.3 Å². The monoisotopic (exact) mass is 261 g/mol. The summed E-state index contributed by atoms with van der Waals surface area (Å²) in [5, 5.41) is 3.80. The van der Waals surface area contributed by atoms with Gasteiger partial charge >= 0.3 is 0 Å². The Morgan fingerprint density at radius 1 is 1.47 bits per heavy atom. The van der Waals surface area contributed by atoms with Crippen LogP contribution in [-0.2, 0) is 10.0 Å². The van der Waals surface area contributed by atoms with Crippen LogP contribution in [0.25, 0.3) is 0 Å². The van der Waals surface area contributed by atoms with Gasteiger partial charge in [0, 0.05) is 11.6 Å². The van der Waals surface area contributed by atoms with Crippen molar-refractivity contribution in [2.75, 3.05) is 12.3 Å². The molecule has 1 atom stereocenters. The van der Waals surface area contributed by atoms with Crippen molar-refractivity contribution in [3.05, 3.63) is 17.0 Å². The highest BCUT2D eigenvalue weighted by Crippen LogP contribution is 2.21. The zero-order valence-electron chi connectivity index (χ0n) is 10.4. The SMILES string of the molecule is Cc1noc(C)c1C(C)NS(=O)(=O)CCCN. The van der Waals surface area contributed by atoms with Crippen LogP contribution in [0.3, 0.4) is 0 Å². The van der Waals surface area contributed by atoms with Gasteiger partial charge in [0.2, 0.25) is 10.0 Å². The molecule has 1 unspecified atom stereocenters. The fourth-order valence-electron chi connectivity index (χ4n) is 1.77. The Morgan fingerprint density at radius 3 is 2.59 bits per heavy atom. The molecule has 0 saturated heterocycles. The molecule has 0 aliphatic rings. The van der Waals surface area contributed by atoms with Crippen LogP contribution in [0.1, 0.15) is 36.4 Å². The fourth-order valence-corrected chi connectivity index (χ4v) is 3.09. The molecule has 3 N–H and O–H groups in total. The maximum Gasteiger partial charge on any atom is 0.212 e. The third kappa shape index (κ3) is 3.79. The summed E-state index contributed by atoms with van der Waals surface area (Å²) in [6.07, 6.45) is 0.448. The number of hydrogen-bond acceptors (Lipinski definition) is 5. The Hall–Kier alpha value is -0.920. The summed E-state index contributed by atoms with van der Waals surface area (Å²) in [5.74, 6) is 0.675. The number of nitrogens with one attached hydrogen (secondary N) is 1. The lowest BCUT2D eigenvalue weighted by molar-refractivity contribution is 0.391. The molecule has 1 aromatic heterocycles. The third-order valence-corrected chi connectivity index (χ3v) is 4.03. The number of nitrogens with two attached hydrogens (primary N) is 1. The van der Waals surface area contributed by atoms with Gasteiger partial charge in [0.1, 0.15) is 5.76 Å². The third-order valence-electron chi connectivity index (χ3n) is 2.50. The predicted octanol–water partition coefficient (Wildman–Crippen LogP) is 0.621. The quantitative estimate of drug-likeness (QED) is 0.782. The Morgan fingerprint density at radius 2 is 2.12 bits per heavy atom. The first-order valence-electron chi connectivity index (χ1n) is 5.50. The van der Waals surface area contributed by atoms with Crippen molar-refractivity contribution in [1.82, 2.24) is 9.88 Å². The van der Waals surface area contributed by atoms with Crippen LogP contribution in [0.2, 0.25) is 0 Å². The van der Waals surface area contributed by atoms with Gasteiger partial charge in [-0.3, -0.25) is 0 Å². The van der Waals surface area contributed by atoms with E-state index in [0.29, 0.717) is 24.4 Å². The molecule has 1 rings (SSSR count). The van der Waals surface area contributed by atoms with Crippen molar-refractivity contribution in [1.29, 1.82) is 0 Å². The normalized spacial score (nSPS) is 13.9. The second kappa shape index (κ2) is 5.61. The zero-order chi connectivity index (χ0) is 13.1. The lowest BCUT2D eigenvalue weighted by Crippen LogP contribution is -2.30. The van der Waals surface area contributed by atoms with E-state index in [0.717, 1.165) is 5.56 Å². The molecule has 0 aromatic carbocycles. The van der Waals surface area contributed by atoms with Gasteiger partial charge in [-0.2, -0.15) is 0 Å². The number of nitrogens with zero attached hydrogens (tertiary/aromatic N) is 1. The summed E-state index contributed by atoms with van der Waals surface area (Å²) >= 11 is 0. The Kier molecular flexibility index (Phi) is 4.67. The average Bonchev–Trinajstić information content (AvgIpc) is 2.55. The molecule has 0 bridgehead atoms. The zero-order valence-corrected chi connectivity index (χ0v) is 11.2. The molecular formula is C10H19N3O3S. The van der Waals surface area contributed by atoms with Crippen LogP contribution in [0.5, 0.6) is 0 Å². The Bertz CT molecular complexity index is 448. The van der Waals surface area contributed by atoms with Crippen LogP contribution in [-0.4, -0.2) is 25.9 Å². The summed E-state index contributed by atoms with van der Waals surface area (Å²) in [5.41, 5.74) is 6.79. The first kappa shape index (κ1) is 14.1. The second-order valence-corrected chi connectivity index (χ2v) is 5.91. The van der Waals surface area contributed by atoms with Gasteiger partial charge in [0.25, 0.3) is 0 Å². The predicted molar refractivity (Wildman–Crippen MR) is 65.0 cm³/mol. The van der Waals surface area contributed by atoms with E-state index >= 15 is 0 Å². The molecule has 0 aliphatic carbocycles. The van der Waals surface area contributed by atoms with Crippen molar-refractivity contribution >= 4 is 10.0 Å². The smallest absolute Gasteiger partial charge is 0.212 e. The lowest BCUT2D eigenvalue weighted by Gasteiger charge is -2.13. The van der Waals surface area contributed by atoms with Crippen LogP contribution >= 0.6 is 0 Å². The van der Waals surface area contributed by atoms with Crippen LogP contribution in [0.15, 0.2) is 4.52 Å². The molecular weight excluding hydrogens is 242 g/mol. The van der Waals surface area contributed by atoms with Gasteiger partial charge in [0.15, 0.2) is 0 Å². The maximum atomic E-state index is 11.7. The lowest BCUT2D eigenvalue weighted by atomic mass is 10.1. The molecule has 1 aromatic rings. The van der Waals surface area contributed by atoms with Gasteiger partial charge in [-0.05, 0) is 33.7 Å². The van der Waals surface area contributed by atoms with Crippen molar-refractivity contribution < 1.29 is 12.9 Å². The first-order valence-corrected chi connectivity index (χ1v) is 7.15. The van der Waals surface area contributed by atoms with Gasteiger partial charge in [0.05, 0.1) is 11.4 Å². The van der Waals surface area contributed by atoms with E-state index in [-0.39, 0.29) is 11.8 Å². The van der Waals surface area contributed by atoms with Gasteiger partial charge in [-0.25, -0.2) is 13.1 Å². The van der Waals surface area contributed by atoms with Gasteiger partial charge in [-0.1, -0.05) is 5.16 Å². The summed E-state index contributed by atoms with van der Waals surface area (Å²) in [6.45, 7) is 5.68. The van der Waals surface area contributed by atoms with Crippen LogP contribution in [0, 0.1) is 13.8 Å². The summed E-state index contributed by atoms with van der Waals surface area (Å²) < 4.78 is 31.0. The van der Waals surface area contributed by atoms with Gasteiger partial charge in [-0.15, -0.1) is 0 Å². The Labute approximate surface area is 102 Å². The molecule has 17 heavy (non-hydrogen) atoms. The molecule has 0 aliphatic heterocycles. The number of hydrogen-bond donors (Lipinski definition) is 2. The largest absolute Gasteiger partial charge is 0.361 e. The molecule has 0 amide bonds.